The molecule has 0 aliphatic carbocycles. The van der Waals surface area contributed by atoms with E-state index in [1.165, 1.54) is 0 Å². The van der Waals surface area contributed by atoms with Crippen LogP contribution in [0.3, 0.4) is 0 Å². The van der Waals surface area contributed by atoms with Crippen molar-refractivity contribution < 1.29 is 4.70 Å². The van der Waals surface area contributed by atoms with Crippen LogP contribution >= 0.6 is 0 Å². The topological polar surface area (TPSA) is 0 Å². The molecule has 23 valence electrons. The third-order valence-corrected chi connectivity index (χ3v) is 0. The smallest absolute Gasteiger partial charge is 0.0592 e. The molecule has 0 nitrogen and oxygen atoms in total. The highest BCUT2D eigenvalue weighted by atomic mass is 28.1. The summed E-state index contributed by atoms with van der Waals surface area (Å²) in [6.07, 6.45) is 0. The van der Waals surface area contributed by atoms with E-state index in [-0.39, 0.29) is 4.70 Å². The van der Waals surface area contributed by atoms with Crippen LogP contribution in [0.25, 0.3) is 0 Å². The van der Waals surface area contributed by atoms with Gasteiger partial charge in [-0.1, -0.05) is 0 Å². The molecule has 0 aliphatic heterocycles. The second-order valence-corrected chi connectivity index (χ2v) is 0.612. The molecule has 0 saturated heterocycles. The molecule has 0 unspecified atom stereocenters. The Morgan fingerprint density at radius 1 is 1.75 bits per heavy atom. The van der Waals surface area contributed by atoms with Gasteiger partial charge in [0, 0.05) is 0 Å². The monoisotopic (exact) mass is 75.0 g/mol. The third kappa shape index (κ3) is 116. The lowest BCUT2D eigenvalue weighted by molar-refractivity contribution is 1.11. The summed E-state index contributed by atoms with van der Waals surface area (Å²) in [7, 11) is 2.95. The molecule has 0 aromatic heterocycles. The van der Waals surface area contributed by atoms with Gasteiger partial charge in [0.1, 0.15) is 0 Å². The molecule has 0 bridgehead atoms. The molecule has 3 radical (unpaired) electrons. The summed E-state index contributed by atoms with van der Waals surface area (Å²) in [6, 6.07) is 0. The molecule has 0 N–H and O–H groups in total. The number of halogens is 1. The van der Waals surface area contributed by atoms with Gasteiger partial charge in [-0.2, -0.15) is 0 Å². The van der Waals surface area contributed by atoms with Crippen molar-refractivity contribution in [3.05, 3.63) is 12.3 Å². The first-order valence-electron chi connectivity index (χ1n) is 0.697. The lowest BCUT2D eigenvalue weighted by atomic mass is 11.3. The number of hydrogen-bond acceptors (Lipinski definition) is 0. The largest absolute Gasteiger partial charge is 0.269 e. The molecule has 0 aromatic rings. The van der Waals surface area contributed by atoms with E-state index in [1.807, 2.05) is 0 Å². The van der Waals surface area contributed by atoms with Crippen LogP contribution in [0.15, 0.2) is 12.3 Å². The SMILES string of the molecule is C=C[Si].F. The molecule has 0 heterocycles. The van der Waals surface area contributed by atoms with Crippen LogP contribution in [0.4, 0.5) is 4.70 Å². The van der Waals surface area contributed by atoms with Gasteiger partial charge in [-0.05, 0) is 0 Å². The summed E-state index contributed by atoms with van der Waals surface area (Å²) in [5.41, 5.74) is 1.56. The van der Waals surface area contributed by atoms with E-state index in [4.69, 9.17) is 0 Å². The van der Waals surface area contributed by atoms with Crippen LogP contribution in [0, 0.1) is 0 Å². The van der Waals surface area contributed by atoms with Crippen molar-refractivity contribution in [1.29, 1.82) is 0 Å². The summed E-state index contributed by atoms with van der Waals surface area (Å²) in [5.74, 6) is 0. The fourth-order valence-electron chi connectivity index (χ4n) is 0. The van der Waals surface area contributed by atoms with E-state index in [1.54, 1.807) is 5.70 Å². The average Bonchev–Trinajstić information content (AvgIpc) is 0.918. The van der Waals surface area contributed by atoms with Gasteiger partial charge in [0.25, 0.3) is 0 Å². The quantitative estimate of drug-likeness (QED) is 0.367. The van der Waals surface area contributed by atoms with Crippen LogP contribution in [0.2, 0.25) is 0 Å². The summed E-state index contributed by atoms with van der Waals surface area (Å²) in [5, 5.41) is 0. The van der Waals surface area contributed by atoms with Crippen LogP contribution in [-0.2, 0) is 0 Å². The van der Waals surface area contributed by atoms with E-state index in [0.717, 1.165) is 0 Å². The Morgan fingerprint density at radius 2 is 1.75 bits per heavy atom. The maximum absolute atomic E-state index is 3.27. The van der Waals surface area contributed by atoms with Crippen molar-refractivity contribution in [3.8, 4) is 0 Å². The van der Waals surface area contributed by atoms with E-state index >= 15 is 0 Å². The van der Waals surface area contributed by atoms with Crippen molar-refractivity contribution in [1.82, 2.24) is 0 Å². The Kier molecular flexibility index (Phi) is 29.7. The highest BCUT2D eigenvalue weighted by molar-refractivity contribution is 6.16. The fraction of sp³-hybridized carbons (Fsp3) is 0. The minimum absolute atomic E-state index is 0. The molecule has 0 aromatic carbocycles. The minimum Gasteiger partial charge on any atom is -0.269 e. The van der Waals surface area contributed by atoms with Gasteiger partial charge < -0.3 is 0 Å². The predicted molar refractivity (Wildman–Crippen MR) is 18.5 cm³/mol. The van der Waals surface area contributed by atoms with Crippen LogP contribution in [0.1, 0.15) is 0 Å². The first-order valence-corrected chi connectivity index (χ1v) is 1.27. The molecular weight excluding hydrogens is 71.1 g/mol. The molecule has 0 aliphatic rings. The summed E-state index contributed by atoms with van der Waals surface area (Å²) in [4.78, 5) is 0. The Bertz CT molecular complexity index is 13.5. The Morgan fingerprint density at radius 3 is 1.75 bits per heavy atom. The standard InChI is InChI=1S/C2H3Si.FH/c1-2-3;/h2H,1H2;1H. The Labute approximate surface area is 28.3 Å². The normalized spacial score (nSPS) is 3.25. The number of rotatable bonds is 0. The minimum atomic E-state index is 0. The molecule has 4 heavy (non-hydrogen) atoms. The summed E-state index contributed by atoms with van der Waals surface area (Å²) in [6.45, 7) is 3.27. The first-order chi connectivity index (χ1) is 1.41. The first kappa shape index (κ1) is 9.10. The molecule has 0 fully saturated rings. The van der Waals surface area contributed by atoms with Crippen LogP contribution < -0.4 is 0 Å². The Hall–Kier alpha value is -0.113. The molecule has 0 rings (SSSR count). The summed E-state index contributed by atoms with van der Waals surface area (Å²) < 4.78 is 0. The molecule has 0 amide bonds. The fourth-order valence-corrected chi connectivity index (χ4v) is 0. The molecule has 0 saturated carbocycles. The average molecular weight is 75.1 g/mol. The van der Waals surface area contributed by atoms with Gasteiger partial charge in [-0.25, -0.2) is 0 Å². The van der Waals surface area contributed by atoms with Crippen molar-refractivity contribution in [2.75, 3.05) is 0 Å². The van der Waals surface area contributed by atoms with Crippen LogP contribution in [-0.4, -0.2) is 10.2 Å². The Balaban J connectivity index is 0. The number of hydrogen-bond donors (Lipinski definition) is 0. The van der Waals surface area contributed by atoms with Crippen molar-refractivity contribution in [2.24, 2.45) is 0 Å². The zero-order valence-corrected chi connectivity index (χ0v) is 3.19. The predicted octanol–water partition coefficient (Wildman–Crippen LogP) is 0.451. The second kappa shape index (κ2) is 13.1. The maximum atomic E-state index is 3.27. The van der Waals surface area contributed by atoms with Crippen molar-refractivity contribution in [3.63, 3.8) is 0 Å². The van der Waals surface area contributed by atoms with E-state index in [9.17, 15) is 0 Å². The summed E-state index contributed by atoms with van der Waals surface area (Å²) >= 11 is 0. The van der Waals surface area contributed by atoms with E-state index in [0.29, 0.717) is 0 Å². The third-order valence-electron chi connectivity index (χ3n) is 0. The van der Waals surface area contributed by atoms with Crippen LogP contribution in [0.5, 0.6) is 0 Å². The molecule has 0 atom stereocenters. The van der Waals surface area contributed by atoms with Gasteiger partial charge in [0.2, 0.25) is 0 Å². The van der Waals surface area contributed by atoms with E-state index in [2.05, 4.69) is 16.8 Å². The molecule has 2 heteroatoms. The van der Waals surface area contributed by atoms with Crippen molar-refractivity contribution in [2.45, 2.75) is 0 Å². The van der Waals surface area contributed by atoms with Gasteiger partial charge in [-0.3, -0.25) is 4.70 Å². The lowest BCUT2D eigenvalue weighted by Crippen LogP contribution is -1.29. The van der Waals surface area contributed by atoms with Gasteiger partial charge >= 0.3 is 0 Å². The maximum Gasteiger partial charge on any atom is 0.0592 e. The highest BCUT2D eigenvalue weighted by Crippen LogP contribution is 1.24. The van der Waals surface area contributed by atoms with Gasteiger partial charge in [0.15, 0.2) is 0 Å². The zero-order chi connectivity index (χ0) is 2.71. The van der Waals surface area contributed by atoms with Gasteiger partial charge in [0.05, 0.1) is 10.2 Å². The van der Waals surface area contributed by atoms with Crippen molar-refractivity contribution >= 4 is 10.2 Å². The molecular formula is C2H4FSi. The highest BCUT2D eigenvalue weighted by Gasteiger charge is 1.18. The lowest BCUT2D eigenvalue weighted by Gasteiger charge is -1.28. The van der Waals surface area contributed by atoms with E-state index < -0.39 is 0 Å². The van der Waals surface area contributed by atoms with Gasteiger partial charge in [-0.15, -0.1) is 12.3 Å². The zero-order valence-electron chi connectivity index (χ0n) is 2.19. The molecule has 0 spiro atoms. The second-order valence-electron chi connectivity index (χ2n) is 0.204.